The van der Waals surface area contributed by atoms with Gasteiger partial charge in [-0.15, -0.1) is 0 Å². The zero-order valence-electron chi connectivity index (χ0n) is 18.3. The number of aromatic amines is 1. The van der Waals surface area contributed by atoms with Crippen LogP contribution in [0.3, 0.4) is 0 Å². The number of nitrogens with zero attached hydrogens (tertiary/aromatic N) is 3. The molecule has 166 valence electrons. The summed E-state index contributed by atoms with van der Waals surface area (Å²) in [5.41, 5.74) is 7.18. The van der Waals surface area contributed by atoms with Gasteiger partial charge in [-0.25, -0.2) is 5.43 Å². The fourth-order valence-corrected chi connectivity index (χ4v) is 3.06. The number of hydrazone groups is 1. The van der Waals surface area contributed by atoms with Gasteiger partial charge in [-0.05, 0) is 42.8 Å². The number of nitrogens with one attached hydrogen (secondary N) is 2. The topological polar surface area (TPSA) is 101 Å². The van der Waals surface area contributed by atoms with Crippen molar-refractivity contribution in [2.45, 2.75) is 13.5 Å². The number of ether oxygens (including phenoxy) is 2. The van der Waals surface area contributed by atoms with Gasteiger partial charge in [0.05, 0.1) is 19.0 Å². The molecule has 2 aromatic heterocycles. The lowest BCUT2D eigenvalue weighted by molar-refractivity contribution is 0.0950. The van der Waals surface area contributed by atoms with Crippen LogP contribution in [0.1, 0.15) is 27.2 Å². The lowest BCUT2D eigenvalue weighted by atomic mass is 10.1. The fourth-order valence-electron chi connectivity index (χ4n) is 3.06. The number of benzene rings is 2. The zero-order chi connectivity index (χ0) is 23.0. The first-order valence-electron chi connectivity index (χ1n) is 10.3. The highest BCUT2D eigenvalue weighted by atomic mass is 16.5. The highest BCUT2D eigenvalue weighted by Gasteiger charge is 2.13. The third-order valence-corrected chi connectivity index (χ3v) is 4.86. The Hall–Kier alpha value is -4.46. The van der Waals surface area contributed by atoms with E-state index >= 15 is 0 Å². The number of aromatic nitrogens is 3. The molecule has 0 radical (unpaired) electrons. The molecule has 0 atom stereocenters. The first kappa shape index (κ1) is 21.8. The molecule has 0 aliphatic heterocycles. The Morgan fingerprint density at radius 1 is 1.12 bits per heavy atom. The second-order valence-corrected chi connectivity index (χ2v) is 7.29. The van der Waals surface area contributed by atoms with Crippen LogP contribution in [0.5, 0.6) is 11.5 Å². The number of amides is 1. The summed E-state index contributed by atoms with van der Waals surface area (Å²) in [6.07, 6.45) is 4.83. The number of rotatable bonds is 8. The van der Waals surface area contributed by atoms with Crippen molar-refractivity contribution in [1.29, 1.82) is 0 Å². The highest BCUT2D eigenvalue weighted by Crippen LogP contribution is 2.32. The summed E-state index contributed by atoms with van der Waals surface area (Å²) >= 11 is 0. The molecule has 0 aliphatic carbocycles. The highest BCUT2D eigenvalue weighted by molar-refractivity contribution is 5.94. The second-order valence-electron chi connectivity index (χ2n) is 7.29. The van der Waals surface area contributed by atoms with Crippen molar-refractivity contribution >= 4 is 12.1 Å². The number of hydrogen-bond acceptors (Lipinski definition) is 6. The van der Waals surface area contributed by atoms with Crippen molar-refractivity contribution < 1.29 is 14.3 Å². The first-order chi connectivity index (χ1) is 16.1. The molecule has 8 heteroatoms. The van der Waals surface area contributed by atoms with Crippen LogP contribution in [0, 0.1) is 6.92 Å². The lowest BCUT2D eigenvalue weighted by Gasteiger charge is -2.12. The standard InChI is InChI=1S/C25H23N5O3/c1-17-5-7-18(8-6-17)16-33-23-10-9-20(12-24(23)32-2)21-13-22(29-28-21)25(31)30-27-15-19-4-3-11-26-14-19/h3-15H,16H2,1-2H3,(H,28,29)(H,30,31). The van der Waals surface area contributed by atoms with Crippen molar-refractivity contribution in [3.05, 3.63) is 95.4 Å². The van der Waals surface area contributed by atoms with Gasteiger partial charge >= 0.3 is 0 Å². The van der Waals surface area contributed by atoms with Gasteiger partial charge in [-0.2, -0.15) is 10.2 Å². The molecule has 4 aromatic rings. The second kappa shape index (κ2) is 10.2. The van der Waals surface area contributed by atoms with Gasteiger partial charge in [-0.1, -0.05) is 35.9 Å². The Labute approximate surface area is 191 Å². The quantitative estimate of drug-likeness (QED) is 0.316. The van der Waals surface area contributed by atoms with Crippen molar-refractivity contribution in [1.82, 2.24) is 20.6 Å². The summed E-state index contributed by atoms with van der Waals surface area (Å²) in [4.78, 5) is 16.3. The minimum absolute atomic E-state index is 0.284. The summed E-state index contributed by atoms with van der Waals surface area (Å²) in [6, 6.07) is 19.0. The van der Waals surface area contributed by atoms with Crippen molar-refractivity contribution in [3.63, 3.8) is 0 Å². The minimum Gasteiger partial charge on any atom is -0.493 e. The molecule has 0 aliphatic rings. The lowest BCUT2D eigenvalue weighted by Crippen LogP contribution is -2.18. The van der Waals surface area contributed by atoms with Gasteiger partial charge in [0.25, 0.3) is 5.91 Å². The molecular formula is C25H23N5O3. The molecule has 0 spiro atoms. The maximum absolute atomic E-state index is 12.3. The number of H-pyrrole nitrogens is 1. The van der Waals surface area contributed by atoms with E-state index in [4.69, 9.17) is 9.47 Å². The molecule has 8 nitrogen and oxygen atoms in total. The normalized spacial score (nSPS) is 10.8. The molecular weight excluding hydrogens is 418 g/mol. The van der Waals surface area contributed by atoms with Gasteiger partial charge in [0.15, 0.2) is 11.5 Å². The van der Waals surface area contributed by atoms with Crippen LogP contribution in [0.4, 0.5) is 0 Å². The molecule has 0 saturated carbocycles. The first-order valence-corrected chi connectivity index (χ1v) is 10.3. The molecule has 0 bridgehead atoms. The summed E-state index contributed by atoms with van der Waals surface area (Å²) < 4.78 is 11.4. The molecule has 2 N–H and O–H groups in total. The summed E-state index contributed by atoms with van der Waals surface area (Å²) in [7, 11) is 1.58. The third kappa shape index (κ3) is 5.62. The number of pyridine rings is 1. The van der Waals surface area contributed by atoms with Crippen LogP contribution in [-0.4, -0.2) is 34.4 Å². The van der Waals surface area contributed by atoms with E-state index in [0.29, 0.717) is 23.8 Å². The van der Waals surface area contributed by atoms with Crippen LogP contribution in [-0.2, 0) is 6.61 Å². The molecule has 0 saturated heterocycles. The smallest absolute Gasteiger partial charge is 0.289 e. The van der Waals surface area contributed by atoms with E-state index in [0.717, 1.165) is 16.7 Å². The Morgan fingerprint density at radius 3 is 2.73 bits per heavy atom. The van der Waals surface area contributed by atoms with E-state index in [2.05, 4.69) is 37.8 Å². The molecule has 4 rings (SSSR count). The monoisotopic (exact) mass is 441 g/mol. The Morgan fingerprint density at radius 2 is 1.97 bits per heavy atom. The minimum atomic E-state index is -0.404. The van der Waals surface area contributed by atoms with Crippen LogP contribution < -0.4 is 14.9 Å². The summed E-state index contributed by atoms with van der Waals surface area (Å²) in [5, 5.41) is 10.9. The molecule has 0 unspecified atom stereocenters. The number of carbonyl (C=O) groups is 1. The Balaban J connectivity index is 1.42. The molecule has 2 aromatic carbocycles. The molecule has 0 fully saturated rings. The Kier molecular flexibility index (Phi) is 6.75. The molecule has 2 heterocycles. The van der Waals surface area contributed by atoms with Crippen molar-refractivity contribution in [3.8, 4) is 22.8 Å². The number of aryl methyl sites for hydroxylation is 1. The van der Waals surface area contributed by atoms with Crippen LogP contribution in [0.15, 0.2) is 78.2 Å². The summed E-state index contributed by atoms with van der Waals surface area (Å²) in [6.45, 7) is 2.48. The third-order valence-electron chi connectivity index (χ3n) is 4.86. The van der Waals surface area contributed by atoms with Crippen LogP contribution in [0.25, 0.3) is 11.3 Å². The largest absolute Gasteiger partial charge is 0.493 e. The van der Waals surface area contributed by atoms with Crippen LogP contribution >= 0.6 is 0 Å². The molecule has 33 heavy (non-hydrogen) atoms. The summed E-state index contributed by atoms with van der Waals surface area (Å²) in [5.74, 6) is 0.800. The molecule has 1 amide bonds. The fraction of sp³-hybridized carbons (Fsp3) is 0.120. The maximum Gasteiger partial charge on any atom is 0.289 e. The average molecular weight is 441 g/mol. The van der Waals surface area contributed by atoms with E-state index in [1.165, 1.54) is 11.8 Å². The van der Waals surface area contributed by atoms with Gasteiger partial charge in [0.2, 0.25) is 0 Å². The maximum atomic E-state index is 12.3. The number of carbonyl (C=O) groups excluding carboxylic acids is 1. The van der Waals surface area contributed by atoms with Gasteiger partial charge < -0.3 is 9.47 Å². The average Bonchev–Trinajstić information content (AvgIpc) is 3.35. The zero-order valence-corrected chi connectivity index (χ0v) is 18.3. The number of methoxy groups -OCH3 is 1. The van der Waals surface area contributed by atoms with E-state index in [1.54, 1.807) is 31.6 Å². The Bertz CT molecular complexity index is 1250. The van der Waals surface area contributed by atoms with Gasteiger partial charge in [-0.3, -0.25) is 14.9 Å². The van der Waals surface area contributed by atoms with Gasteiger partial charge in [0.1, 0.15) is 12.3 Å². The van der Waals surface area contributed by atoms with Crippen molar-refractivity contribution in [2.75, 3.05) is 7.11 Å². The van der Waals surface area contributed by atoms with E-state index in [1.807, 2.05) is 43.3 Å². The van der Waals surface area contributed by atoms with Gasteiger partial charge in [0, 0.05) is 23.5 Å². The number of hydrogen-bond donors (Lipinski definition) is 2. The van der Waals surface area contributed by atoms with E-state index in [-0.39, 0.29) is 5.69 Å². The van der Waals surface area contributed by atoms with Crippen LogP contribution in [0.2, 0.25) is 0 Å². The predicted octanol–water partition coefficient (Wildman–Crippen LogP) is 4.13. The van der Waals surface area contributed by atoms with E-state index < -0.39 is 5.91 Å². The van der Waals surface area contributed by atoms with E-state index in [9.17, 15) is 4.79 Å². The SMILES string of the molecule is COc1cc(-c2cc(C(=O)NN=Cc3cccnc3)[nH]n2)ccc1OCc1ccc(C)cc1. The predicted molar refractivity (Wildman–Crippen MR) is 125 cm³/mol. The van der Waals surface area contributed by atoms with Crippen molar-refractivity contribution in [2.24, 2.45) is 5.10 Å².